The first-order chi connectivity index (χ1) is 6.83. The predicted octanol–water partition coefficient (Wildman–Crippen LogP) is 2.95. The van der Waals surface area contributed by atoms with Crippen LogP contribution in [-0.4, -0.2) is 17.5 Å². The molecule has 1 heterocycles. The van der Waals surface area contributed by atoms with E-state index < -0.39 is 0 Å². The van der Waals surface area contributed by atoms with Crippen molar-refractivity contribution in [1.29, 1.82) is 0 Å². The fourth-order valence-corrected chi connectivity index (χ4v) is 3.77. The summed E-state index contributed by atoms with van der Waals surface area (Å²) < 4.78 is 6.06. The standard InChI is InChI=1S/C13H22O2/c1-9-5-6-11-12(2,3)7-10(14)8-13(11,4)15-9/h9,11H,5-8H2,1-4H3. The third-order valence-corrected chi connectivity index (χ3v) is 4.21. The summed E-state index contributed by atoms with van der Waals surface area (Å²) in [7, 11) is 0. The van der Waals surface area contributed by atoms with Crippen molar-refractivity contribution in [2.45, 2.75) is 65.1 Å². The highest BCUT2D eigenvalue weighted by atomic mass is 16.5. The van der Waals surface area contributed by atoms with Crippen LogP contribution < -0.4 is 0 Å². The van der Waals surface area contributed by atoms with Gasteiger partial charge in [0, 0.05) is 12.8 Å². The van der Waals surface area contributed by atoms with Crippen LogP contribution in [0.1, 0.15) is 53.4 Å². The Labute approximate surface area is 92.4 Å². The molecule has 0 spiro atoms. The van der Waals surface area contributed by atoms with Crippen LogP contribution in [0.25, 0.3) is 0 Å². The van der Waals surface area contributed by atoms with Gasteiger partial charge in [0.25, 0.3) is 0 Å². The third-order valence-electron chi connectivity index (χ3n) is 4.21. The van der Waals surface area contributed by atoms with Crippen LogP contribution in [0, 0.1) is 11.3 Å². The molecular formula is C13H22O2. The second-order valence-corrected chi connectivity index (χ2v) is 6.25. The Bertz CT molecular complexity index is 282. The second-order valence-electron chi connectivity index (χ2n) is 6.25. The highest BCUT2D eigenvalue weighted by molar-refractivity contribution is 5.81. The topological polar surface area (TPSA) is 26.3 Å². The van der Waals surface area contributed by atoms with Crippen molar-refractivity contribution in [2.75, 3.05) is 0 Å². The summed E-state index contributed by atoms with van der Waals surface area (Å²) in [5.74, 6) is 0.909. The van der Waals surface area contributed by atoms with Gasteiger partial charge in [0.2, 0.25) is 0 Å². The lowest BCUT2D eigenvalue weighted by Gasteiger charge is -2.53. The number of ether oxygens (including phenoxy) is 1. The number of carbonyl (C=O) groups is 1. The van der Waals surface area contributed by atoms with E-state index in [1.165, 1.54) is 6.42 Å². The number of ketones is 1. The lowest BCUT2D eigenvalue weighted by Crippen LogP contribution is -2.55. The van der Waals surface area contributed by atoms with Gasteiger partial charge in [-0.15, -0.1) is 0 Å². The van der Waals surface area contributed by atoms with Crippen LogP contribution in [0.3, 0.4) is 0 Å². The SMILES string of the molecule is CC1CCC2C(C)(C)CC(=O)CC2(C)O1. The van der Waals surface area contributed by atoms with Crippen molar-refractivity contribution in [3.05, 3.63) is 0 Å². The zero-order valence-corrected chi connectivity index (χ0v) is 10.3. The van der Waals surface area contributed by atoms with Crippen molar-refractivity contribution in [3.8, 4) is 0 Å². The zero-order valence-electron chi connectivity index (χ0n) is 10.3. The minimum Gasteiger partial charge on any atom is -0.372 e. The van der Waals surface area contributed by atoms with E-state index in [0.717, 1.165) is 12.8 Å². The fourth-order valence-electron chi connectivity index (χ4n) is 3.77. The van der Waals surface area contributed by atoms with Crippen LogP contribution in [0.15, 0.2) is 0 Å². The molecule has 0 N–H and O–H groups in total. The summed E-state index contributed by atoms with van der Waals surface area (Å²) in [4.78, 5) is 11.8. The molecule has 2 heteroatoms. The lowest BCUT2D eigenvalue weighted by atomic mass is 9.59. The van der Waals surface area contributed by atoms with Crippen LogP contribution in [0.4, 0.5) is 0 Å². The molecule has 2 nitrogen and oxygen atoms in total. The predicted molar refractivity (Wildman–Crippen MR) is 59.7 cm³/mol. The molecule has 1 aliphatic carbocycles. The highest BCUT2D eigenvalue weighted by Gasteiger charge is 2.52. The Kier molecular flexibility index (Phi) is 2.45. The molecule has 86 valence electrons. The largest absolute Gasteiger partial charge is 0.372 e. The fraction of sp³-hybridized carbons (Fsp3) is 0.923. The number of rotatable bonds is 0. The van der Waals surface area contributed by atoms with E-state index in [0.29, 0.717) is 24.2 Å². The van der Waals surface area contributed by atoms with Gasteiger partial charge >= 0.3 is 0 Å². The number of fused-ring (bicyclic) bond motifs is 1. The van der Waals surface area contributed by atoms with Gasteiger partial charge in [0.05, 0.1) is 11.7 Å². The molecule has 15 heavy (non-hydrogen) atoms. The van der Waals surface area contributed by atoms with E-state index in [-0.39, 0.29) is 11.0 Å². The number of hydrogen-bond donors (Lipinski definition) is 0. The molecule has 1 saturated heterocycles. The molecule has 0 amide bonds. The average molecular weight is 210 g/mol. The maximum absolute atomic E-state index is 11.8. The first-order valence-corrected chi connectivity index (χ1v) is 6.03. The van der Waals surface area contributed by atoms with Crippen molar-refractivity contribution >= 4 is 5.78 Å². The molecule has 3 unspecified atom stereocenters. The Balaban J connectivity index is 2.29. The van der Waals surface area contributed by atoms with E-state index in [1.807, 2.05) is 0 Å². The normalized spacial score (nSPS) is 44.9. The first-order valence-electron chi connectivity index (χ1n) is 6.03. The molecular weight excluding hydrogens is 188 g/mol. The van der Waals surface area contributed by atoms with E-state index >= 15 is 0 Å². The Morgan fingerprint density at radius 2 is 1.87 bits per heavy atom. The van der Waals surface area contributed by atoms with Crippen molar-refractivity contribution in [1.82, 2.24) is 0 Å². The van der Waals surface area contributed by atoms with Crippen LogP contribution >= 0.6 is 0 Å². The van der Waals surface area contributed by atoms with E-state index in [2.05, 4.69) is 27.7 Å². The quantitative estimate of drug-likeness (QED) is 0.614. The van der Waals surface area contributed by atoms with Gasteiger partial charge in [0.15, 0.2) is 0 Å². The molecule has 3 atom stereocenters. The van der Waals surface area contributed by atoms with Crippen molar-refractivity contribution in [2.24, 2.45) is 11.3 Å². The molecule has 0 bridgehead atoms. The number of carbonyl (C=O) groups excluding carboxylic acids is 1. The summed E-state index contributed by atoms with van der Waals surface area (Å²) in [6, 6.07) is 0. The molecule has 0 radical (unpaired) electrons. The number of Topliss-reactive ketones (excluding diaryl/α,β-unsaturated/α-hetero) is 1. The molecule has 0 aromatic rings. The summed E-state index contributed by atoms with van der Waals surface area (Å²) >= 11 is 0. The van der Waals surface area contributed by atoms with E-state index in [9.17, 15) is 4.79 Å². The smallest absolute Gasteiger partial charge is 0.136 e. The highest BCUT2D eigenvalue weighted by Crippen LogP contribution is 2.51. The van der Waals surface area contributed by atoms with E-state index in [1.54, 1.807) is 0 Å². The van der Waals surface area contributed by atoms with Crippen LogP contribution in [0.5, 0.6) is 0 Å². The van der Waals surface area contributed by atoms with Gasteiger partial charge in [-0.3, -0.25) is 4.79 Å². The summed E-state index contributed by atoms with van der Waals surface area (Å²) in [6.45, 7) is 8.68. The minimum absolute atomic E-state index is 0.115. The third kappa shape index (κ3) is 1.84. The monoisotopic (exact) mass is 210 g/mol. The molecule has 1 aliphatic heterocycles. The Morgan fingerprint density at radius 1 is 1.20 bits per heavy atom. The lowest BCUT2D eigenvalue weighted by molar-refractivity contribution is -0.194. The molecule has 2 fully saturated rings. The molecule has 2 aliphatic rings. The molecule has 0 aromatic heterocycles. The van der Waals surface area contributed by atoms with Crippen molar-refractivity contribution in [3.63, 3.8) is 0 Å². The second kappa shape index (κ2) is 3.31. The average Bonchev–Trinajstić information content (AvgIpc) is 1.97. The zero-order chi connectivity index (χ0) is 11.3. The maximum atomic E-state index is 11.8. The van der Waals surface area contributed by atoms with Gasteiger partial charge in [-0.1, -0.05) is 13.8 Å². The van der Waals surface area contributed by atoms with Crippen molar-refractivity contribution < 1.29 is 9.53 Å². The first kappa shape index (κ1) is 11.1. The van der Waals surface area contributed by atoms with E-state index in [4.69, 9.17) is 4.74 Å². The van der Waals surface area contributed by atoms with Crippen LogP contribution in [-0.2, 0) is 9.53 Å². The molecule has 2 rings (SSSR count). The maximum Gasteiger partial charge on any atom is 0.136 e. The van der Waals surface area contributed by atoms with Gasteiger partial charge in [-0.25, -0.2) is 0 Å². The van der Waals surface area contributed by atoms with Crippen LogP contribution in [0.2, 0.25) is 0 Å². The molecule has 0 aromatic carbocycles. The Hall–Kier alpha value is -0.370. The Morgan fingerprint density at radius 3 is 2.53 bits per heavy atom. The summed E-state index contributed by atoms with van der Waals surface area (Å²) in [6.07, 6.45) is 4.00. The van der Waals surface area contributed by atoms with Gasteiger partial charge in [0.1, 0.15) is 5.78 Å². The van der Waals surface area contributed by atoms with Gasteiger partial charge < -0.3 is 4.74 Å². The minimum atomic E-state index is -0.198. The summed E-state index contributed by atoms with van der Waals surface area (Å²) in [5.41, 5.74) is -0.0826. The van der Waals surface area contributed by atoms with Gasteiger partial charge in [-0.05, 0) is 38.0 Å². The number of hydrogen-bond acceptors (Lipinski definition) is 2. The summed E-state index contributed by atoms with van der Waals surface area (Å²) in [5, 5.41) is 0. The molecule has 1 saturated carbocycles. The van der Waals surface area contributed by atoms with Gasteiger partial charge in [-0.2, -0.15) is 0 Å².